The maximum absolute atomic E-state index is 5.38. The fourth-order valence-corrected chi connectivity index (χ4v) is 3.90. The lowest BCUT2D eigenvalue weighted by Crippen LogP contribution is -2.39. The number of guanidine groups is 1. The van der Waals surface area contributed by atoms with Crippen molar-refractivity contribution in [1.29, 1.82) is 0 Å². The Labute approximate surface area is 162 Å². The highest BCUT2D eigenvalue weighted by Crippen LogP contribution is 2.13. The largest absolute Gasteiger partial charge is 0.469 e. The lowest BCUT2D eigenvalue weighted by atomic mass is 10.3. The van der Waals surface area contributed by atoms with Gasteiger partial charge in [0.1, 0.15) is 5.76 Å². The van der Waals surface area contributed by atoms with Crippen LogP contribution < -0.4 is 10.6 Å². The molecule has 0 spiro atoms. The third-order valence-electron chi connectivity index (χ3n) is 3.80. The van der Waals surface area contributed by atoms with Crippen LogP contribution in [0.3, 0.4) is 0 Å². The second-order valence-corrected chi connectivity index (χ2v) is 7.98. The highest BCUT2D eigenvalue weighted by Gasteiger charge is 2.04. The van der Waals surface area contributed by atoms with E-state index in [-0.39, 0.29) is 0 Å². The third-order valence-corrected chi connectivity index (χ3v) is 5.86. The molecule has 3 heterocycles. The van der Waals surface area contributed by atoms with Gasteiger partial charge in [0.15, 0.2) is 5.96 Å². The normalized spacial score (nSPS) is 11.7. The second-order valence-electron chi connectivity index (χ2n) is 5.75. The number of aryl methyl sites for hydroxylation is 1. The number of thiazole rings is 1. The van der Waals surface area contributed by atoms with Gasteiger partial charge in [0.25, 0.3) is 0 Å². The van der Waals surface area contributed by atoms with E-state index in [1.54, 1.807) is 28.9 Å². The van der Waals surface area contributed by atoms with Gasteiger partial charge < -0.3 is 15.1 Å². The summed E-state index contributed by atoms with van der Waals surface area (Å²) in [5.74, 6) is 1.81. The predicted octanol–water partition coefficient (Wildman–Crippen LogP) is 3.88. The molecular formula is C19H24N4OS2. The van der Waals surface area contributed by atoms with Crippen molar-refractivity contribution in [2.24, 2.45) is 4.99 Å². The number of aliphatic imine (C=N–C) groups is 1. The van der Waals surface area contributed by atoms with Gasteiger partial charge in [0, 0.05) is 41.9 Å². The van der Waals surface area contributed by atoms with Gasteiger partial charge in [0.05, 0.1) is 17.8 Å². The summed E-state index contributed by atoms with van der Waals surface area (Å²) in [6, 6.07) is 8.07. The second kappa shape index (κ2) is 10.1. The Kier molecular flexibility index (Phi) is 7.27. The van der Waals surface area contributed by atoms with Crippen molar-refractivity contribution in [2.45, 2.75) is 32.7 Å². The Hall–Kier alpha value is -2.12. The maximum atomic E-state index is 5.38. The number of furan rings is 1. The highest BCUT2D eigenvalue weighted by atomic mass is 32.1. The minimum Gasteiger partial charge on any atom is -0.469 e. The van der Waals surface area contributed by atoms with E-state index >= 15 is 0 Å². The van der Waals surface area contributed by atoms with Gasteiger partial charge in [0.2, 0.25) is 0 Å². The van der Waals surface area contributed by atoms with E-state index < -0.39 is 0 Å². The van der Waals surface area contributed by atoms with E-state index in [2.05, 4.69) is 40.1 Å². The first-order chi connectivity index (χ1) is 12.8. The molecule has 0 fully saturated rings. The molecule has 26 heavy (non-hydrogen) atoms. The first-order valence-corrected chi connectivity index (χ1v) is 10.5. The van der Waals surface area contributed by atoms with Gasteiger partial charge in [-0.05, 0) is 30.0 Å². The van der Waals surface area contributed by atoms with Crippen molar-refractivity contribution in [1.82, 2.24) is 15.6 Å². The zero-order valence-electron chi connectivity index (χ0n) is 14.9. The molecule has 0 saturated heterocycles. The molecule has 3 aromatic heterocycles. The molecule has 0 aliphatic rings. The summed E-state index contributed by atoms with van der Waals surface area (Å²) in [4.78, 5) is 11.8. The SMILES string of the molecule is CCc1cnc(CCNC(=NCc2cccs2)NCCc2ccco2)s1. The molecule has 0 bridgehead atoms. The predicted molar refractivity (Wildman–Crippen MR) is 109 cm³/mol. The number of nitrogens with zero attached hydrogens (tertiary/aromatic N) is 2. The zero-order valence-corrected chi connectivity index (χ0v) is 16.5. The van der Waals surface area contributed by atoms with Crippen LogP contribution in [0, 0.1) is 0 Å². The van der Waals surface area contributed by atoms with Crippen molar-refractivity contribution >= 4 is 28.6 Å². The van der Waals surface area contributed by atoms with Crippen molar-refractivity contribution in [3.63, 3.8) is 0 Å². The van der Waals surface area contributed by atoms with Gasteiger partial charge in [-0.1, -0.05) is 13.0 Å². The number of nitrogens with one attached hydrogen (secondary N) is 2. The molecule has 0 saturated carbocycles. The molecule has 0 radical (unpaired) electrons. The minimum atomic E-state index is 0.686. The summed E-state index contributed by atoms with van der Waals surface area (Å²) in [6.45, 7) is 4.44. The zero-order chi connectivity index (χ0) is 18.0. The Balaban J connectivity index is 1.50. The van der Waals surface area contributed by atoms with Gasteiger partial charge >= 0.3 is 0 Å². The van der Waals surface area contributed by atoms with Gasteiger partial charge in [-0.2, -0.15) is 0 Å². The summed E-state index contributed by atoms with van der Waals surface area (Å²) in [5.41, 5.74) is 0. The van der Waals surface area contributed by atoms with Crippen LogP contribution in [0.1, 0.15) is 27.4 Å². The molecule has 5 nitrogen and oxygen atoms in total. The molecule has 0 atom stereocenters. The fourth-order valence-electron chi connectivity index (χ4n) is 2.41. The standard InChI is InChI=1S/C19H24N4OS2/c1-2-16-13-22-18(26-16)8-10-21-19(23-14-17-6-4-12-25-17)20-9-7-15-5-3-11-24-15/h3-6,11-13H,2,7-10,14H2,1H3,(H2,20,21,23). The van der Waals surface area contributed by atoms with Crippen LogP contribution in [0.15, 0.2) is 51.5 Å². The smallest absolute Gasteiger partial charge is 0.191 e. The van der Waals surface area contributed by atoms with Crippen molar-refractivity contribution in [2.75, 3.05) is 13.1 Å². The average Bonchev–Trinajstić information content (AvgIpc) is 3.41. The molecule has 0 aromatic carbocycles. The monoisotopic (exact) mass is 388 g/mol. The van der Waals surface area contributed by atoms with Crippen molar-refractivity contribution < 1.29 is 4.42 Å². The van der Waals surface area contributed by atoms with E-state index in [0.717, 1.165) is 44.1 Å². The van der Waals surface area contributed by atoms with E-state index in [9.17, 15) is 0 Å². The van der Waals surface area contributed by atoms with Gasteiger partial charge in [-0.15, -0.1) is 22.7 Å². The topological polar surface area (TPSA) is 62.5 Å². The van der Waals surface area contributed by atoms with Gasteiger partial charge in [-0.3, -0.25) is 0 Å². The molecule has 7 heteroatoms. The van der Waals surface area contributed by atoms with Crippen LogP contribution in [-0.4, -0.2) is 24.0 Å². The summed E-state index contributed by atoms with van der Waals surface area (Å²) < 4.78 is 5.38. The van der Waals surface area contributed by atoms with E-state index in [1.165, 1.54) is 14.8 Å². The first-order valence-electron chi connectivity index (χ1n) is 8.84. The lowest BCUT2D eigenvalue weighted by molar-refractivity contribution is 0.506. The summed E-state index contributed by atoms with van der Waals surface area (Å²) in [5, 5.41) is 10.1. The number of hydrogen-bond donors (Lipinski definition) is 2. The molecular weight excluding hydrogens is 364 g/mol. The molecule has 2 N–H and O–H groups in total. The highest BCUT2D eigenvalue weighted by molar-refractivity contribution is 7.11. The number of hydrogen-bond acceptors (Lipinski definition) is 5. The summed E-state index contributed by atoms with van der Waals surface area (Å²) in [6.07, 6.45) is 6.47. The summed E-state index contributed by atoms with van der Waals surface area (Å²) >= 11 is 3.52. The van der Waals surface area contributed by atoms with Crippen LogP contribution in [0.25, 0.3) is 0 Å². The quantitative estimate of drug-likeness (QED) is 0.431. The van der Waals surface area contributed by atoms with E-state index in [4.69, 9.17) is 9.41 Å². The molecule has 0 aliphatic carbocycles. The van der Waals surface area contributed by atoms with Crippen molar-refractivity contribution in [3.05, 3.63) is 62.6 Å². The molecule has 138 valence electrons. The Morgan fingerprint density at radius 3 is 2.73 bits per heavy atom. The van der Waals surface area contributed by atoms with E-state index in [1.807, 2.05) is 18.3 Å². The minimum absolute atomic E-state index is 0.686. The van der Waals surface area contributed by atoms with E-state index in [0.29, 0.717) is 6.54 Å². The van der Waals surface area contributed by atoms with Crippen LogP contribution in [0.4, 0.5) is 0 Å². The first kappa shape index (κ1) is 18.7. The molecule has 3 aromatic rings. The van der Waals surface area contributed by atoms with Crippen LogP contribution in [0.5, 0.6) is 0 Å². The van der Waals surface area contributed by atoms with Crippen LogP contribution >= 0.6 is 22.7 Å². The Bertz CT molecular complexity index is 778. The lowest BCUT2D eigenvalue weighted by Gasteiger charge is -2.11. The van der Waals surface area contributed by atoms with Crippen molar-refractivity contribution in [3.8, 4) is 0 Å². The summed E-state index contributed by atoms with van der Waals surface area (Å²) in [7, 11) is 0. The van der Waals surface area contributed by atoms with Crippen LogP contribution in [-0.2, 0) is 25.8 Å². The average molecular weight is 389 g/mol. The molecule has 0 amide bonds. The number of aromatic nitrogens is 1. The Morgan fingerprint density at radius 1 is 1.15 bits per heavy atom. The molecule has 3 rings (SSSR count). The number of thiophene rings is 1. The third kappa shape index (κ3) is 6.00. The maximum Gasteiger partial charge on any atom is 0.191 e. The van der Waals surface area contributed by atoms with Crippen LogP contribution in [0.2, 0.25) is 0 Å². The molecule has 0 unspecified atom stereocenters. The fraction of sp³-hybridized carbons (Fsp3) is 0.368. The molecule has 0 aliphatic heterocycles. The Morgan fingerprint density at radius 2 is 2.04 bits per heavy atom. The van der Waals surface area contributed by atoms with Gasteiger partial charge in [-0.25, -0.2) is 9.98 Å². The number of rotatable bonds is 9.